The summed E-state index contributed by atoms with van der Waals surface area (Å²) in [5, 5.41) is 4.45. The molecular weight excluding hydrogens is 264 g/mol. The van der Waals surface area contributed by atoms with Gasteiger partial charge >= 0.3 is 0 Å². The quantitative estimate of drug-likeness (QED) is 0.913. The van der Waals surface area contributed by atoms with Gasteiger partial charge in [0.15, 0.2) is 0 Å². The fourth-order valence-corrected chi connectivity index (χ4v) is 2.75. The summed E-state index contributed by atoms with van der Waals surface area (Å²) in [6, 6.07) is 9.90. The van der Waals surface area contributed by atoms with Crippen molar-refractivity contribution in [3.63, 3.8) is 0 Å². The maximum Gasteiger partial charge on any atom is 0.257 e. The van der Waals surface area contributed by atoms with Crippen LogP contribution in [0.1, 0.15) is 28.9 Å². The van der Waals surface area contributed by atoms with Crippen molar-refractivity contribution in [2.24, 2.45) is 5.73 Å². The third-order valence-corrected chi connectivity index (χ3v) is 3.90. The highest BCUT2D eigenvalue weighted by Crippen LogP contribution is 2.17. The van der Waals surface area contributed by atoms with E-state index in [9.17, 15) is 4.79 Å². The average molecular weight is 284 g/mol. The van der Waals surface area contributed by atoms with E-state index in [2.05, 4.69) is 5.10 Å². The Bertz CT molecular complexity index is 635. The number of nitrogens with zero attached hydrogens (tertiary/aromatic N) is 3. The maximum atomic E-state index is 12.6. The zero-order valence-electron chi connectivity index (χ0n) is 12.2. The fraction of sp³-hybridized carbons (Fsp3) is 0.375. The highest BCUT2D eigenvalue weighted by Gasteiger charge is 2.25. The highest BCUT2D eigenvalue weighted by molar-refractivity contribution is 5.95. The number of amides is 1. The van der Waals surface area contributed by atoms with E-state index in [1.54, 1.807) is 4.68 Å². The minimum atomic E-state index is 0.0323. The second kappa shape index (κ2) is 5.69. The lowest BCUT2D eigenvalue weighted by atomic mass is 10.1. The Kier molecular flexibility index (Phi) is 3.75. The van der Waals surface area contributed by atoms with E-state index in [0.717, 1.165) is 30.8 Å². The Balaban J connectivity index is 1.86. The lowest BCUT2D eigenvalue weighted by molar-refractivity contribution is 0.0708. The van der Waals surface area contributed by atoms with E-state index < -0.39 is 0 Å². The van der Waals surface area contributed by atoms with Crippen LogP contribution in [0.15, 0.2) is 36.5 Å². The first-order valence-electron chi connectivity index (χ1n) is 7.31. The molecule has 0 spiro atoms. The molecule has 1 aliphatic rings. The van der Waals surface area contributed by atoms with Crippen molar-refractivity contribution < 1.29 is 4.79 Å². The van der Waals surface area contributed by atoms with Crippen LogP contribution in [0.25, 0.3) is 5.69 Å². The van der Waals surface area contributed by atoms with Crippen LogP contribution in [0.2, 0.25) is 0 Å². The summed E-state index contributed by atoms with van der Waals surface area (Å²) in [7, 11) is 0. The van der Waals surface area contributed by atoms with Crippen LogP contribution in [0.3, 0.4) is 0 Å². The molecule has 21 heavy (non-hydrogen) atoms. The van der Waals surface area contributed by atoms with Gasteiger partial charge in [-0.05, 0) is 31.9 Å². The van der Waals surface area contributed by atoms with E-state index in [1.165, 1.54) is 0 Å². The summed E-state index contributed by atoms with van der Waals surface area (Å²) in [6.45, 7) is 3.29. The van der Waals surface area contributed by atoms with Crippen LogP contribution in [0, 0.1) is 6.92 Å². The number of piperidine rings is 1. The van der Waals surface area contributed by atoms with Gasteiger partial charge in [0.2, 0.25) is 0 Å². The van der Waals surface area contributed by atoms with E-state index in [4.69, 9.17) is 5.73 Å². The van der Waals surface area contributed by atoms with Crippen LogP contribution in [-0.2, 0) is 0 Å². The van der Waals surface area contributed by atoms with Gasteiger partial charge in [-0.2, -0.15) is 5.10 Å². The Morgan fingerprint density at radius 1 is 1.33 bits per heavy atom. The van der Waals surface area contributed by atoms with Crippen LogP contribution >= 0.6 is 0 Å². The molecule has 0 radical (unpaired) electrons. The predicted octanol–water partition coefficient (Wildman–Crippen LogP) is 1.74. The number of aryl methyl sites for hydroxylation is 1. The highest BCUT2D eigenvalue weighted by atomic mass is 16.2. The Morgan fingerprint density at radius 3 is 2.81 bits per heavy atom. The van der Waals surface area contributed by atoms with Gasteiger partial charge < -0.3 is 10.6 Å². The smallest absolute Gasteiger partial charge is 0.257 e. The van der Waals surface area contributed by atoms with Crippen LogP contribution in [-0.4, -0.2) is 39.7 Å². The number of hydrogen-bond acceptors (Lipinski definition) is 3. The van der Waals surface area contributed by atoms with Crippen molar-refractivity contribution >= 4 is 5.91 Å². The van der Waals surface area contributed by atoms with Gasteiger partial charge in [-0.15, -0.1) is 0 Å². The first-order chi connectivity index (χ1) is 10.1. The molecule has 1 aliphatic heterocycles. The van der Waals surface area contributed by atoms with Crippen molar-refractivity contribution in [3.05, 3.63) is 47.8 Å². The fourth-order valence-electron chi connectivity index (χ4n) is 2.75. The Morgan fingerprint density at radius 2 is 2.10 bits per heavy atom. The second-order valence-electron chi connectivity index (χ2n) is 5.56. The Labute approximate surface area is 124 Å². The molecule has 0 bridgehead atoms. The molecule has 1 aromatic carbocycles. The Hall–Kier alpha value is -2.14. The lowest BCUT2D eigenvalue weighted by Gasteiger charge is -2.30. The summed E-state index contributed by atoms with van der Waals surface area (Å²) < 4.78 is 1.76. The molecule has 2 N–H and O–H groups in total. The normalized spacial score (nSPS) is 18.8. The van der Waals surface area contributed by atoms with Crippen molar-refractivity contribution in [1.82, 2.24) is 14.7 Å². The summed E-state index contributed by atoms with van der Waals surface area (Å²) in [6.07, 6.45) is 3.78. The average Bonchev–Trinajstić information content (AvgIpc) is 2.89. The van der Waals surface area contributed by atoms with Crippen LogP contribution < -0.4 is 5.73 Å². The SMILES string of the molecule is Cc1nn(-c2ccccc2)cc1C(=O)N1CCCC(N)C1. The van der Waals surface area contributed by atoms with Crippen molar-refractivity contribution in [2.75, 3.05) is 13.1 Å². The summed E-state index contributed by atoms with van der Waals surface area (Å²) in [5.74, 6) is 0.0323. The van der Waals surface area contributed by atoms with E-state index in [0.29, 0.717) is 12.1 Å². The number of carbonyl (C=O) groups excluding carboxylic acids is 1. The number of carbonyl (C=O) groups is 1. The van der Waals surface area contributed by atoms with Crippen LogP contribution in [0.5, 0.6) is 0 Å². The molecule has 0 aliphatic carbocycles. The minimum Gasteiger partial charge on any atom is -0.337 e. The number of nitrogens with two attached hydrogens (primary N) is 1. The molecule has 1 fully saturated rings. The van der Waals surface area contributed by atoms with Crippen molar-refractivity contribution in [3.8, 4) is 5.69 Å². The molecule has 1 unspecified atom stereocenters. The van der Waals surface area contributed by atoms with Gasteiger partial charge in [0.25, 0.3) is 5.91 Å². The molecule has 5 nitrogen and oxygen atoms in total. The number of aromatic nitrogens is 2. The molecule has 1 atom stereocenters. The molecule has 2 heterocycles. The second-order valence-corrected chi connectivity index (χ2v) is 5.56. The van der Waals surface area contributed by atoms with Crippen LogP contribution in [0.4, 0.5) is 0 Å². The molecule has 3 rings (SSSR count). The molecular formula is C16H20N4O. The zero-order valence-corrected chi connectivity index (χ0v) is 12.2. The van der Waals surface area contributed by atoms with Crippen molar-refractivity contribution in [1.29, 1.82) is 0 Å². The van der Waals surface area contributed by atoms with E-state index >= 15 is 0 Å². The van der Waals surface area contributed by atoms with Gasteiger partial charge in [0.05, 0.1) is 16.9 Å². The van der Waals surface area contributed by atoms with Gasteiger partial charge in [-0.1, -0.05) is 18.2 Å². The number of likely N-dealkylation sites (tertiary alicyclic amines) is 1. The van der Waals surface area contributed by atoms with Gasteiger partial charge in [-0.25, -0.2) is 4.68 Å². The van der Waals surface area contributed by atoms with Gasteiger partial charge in [-0.3, -0.25) is 4.79 Å². The summed E-state index contributed by atoms with van der Waals surface area (Å²) >= 11 is 0. The number of benzene rings is 1. The molecule has 1 aromatic heterocycles. The summed E-state index contributed by atoms with van der Waals surface area (Å²) in [5.41, 5.74) is 8.33. The third-order valence-electron chi connectivity index (χ3n) is 3.90. The van der Waals surface area contributed by atoms with E-state index in [-0.39, 0.29) is 11.9 Å². The lowest BCUT2D eigenvalue weighted by Crippen LogP contribution is -2.45. The molecule has 1 amide bonds. The molecule has 2 aromatic rings. The maximum absolute atomic E-state index is 12.6. The zero-order chi connectivity index (χ0) is 14.8. The predicted molar refractivity (Wildman–Crippen MR) is 81.4 cm³/mol. The number of para-hydroxylation sites is 1. The van der Waals surface area contributed by atoms with E-state index in [1.807, 2.05) is 48.4 Å². The van der Waals surface area contributed by atoms with Crippen molar-refractivity contribution in [2.45, 2.75) is 25.8 Å². The largest absolute Gasteiger partial charge is 0.337 e. The van der Waals surface area contributed by atoms with Gasteiger partial charge in [0.1, 0.15) is 0 Å². The number of rotatable bonds is 2. The topological polar surface area (TPSA) is 64.2 Å². The van der Waals surface area contributed by atoms with Gasteiger partial charge in [0, 0.05) is 25.3 Å². The third kappa shape index (κ3) is 2.83. The number of hydrogen-bond donors (Lipinski definition) is 1. The first-order valence-corrected chi connectivity index (χ1v) is 7.31. The monoisotopic (exact) mass is 284 g/mol. The molecule has 110 valence electrons. The minimum absolute atomic E-state index is 0.0323. The molecule has 1 saturated heterocycles. The standard InChI is InChI=1S/C16H20N4O/c1-12-15(16(21)19-9-5-6-13(17)10-19)11-20(18-12)14-7-3-2-4-8-14/h2-4,7-8,11,13H,5-6,9-10,17H2,1H3. The molecule has 0 saturated carbocycles. The molecule has 5 heteroatoms. The first kappa shape index (κ1) is 13.8. The summed E-state index contributed by atoms with van der Waals surface area (Å²) in [4.78, 5) is 14.5.